The van der Waals surface area contributed by atoms with E-state index in [9.17, 15) is 4.79 Å². The van der Waals surface area contributed by atoms with Gasteiger partial charge < -0.3 is 19.9 Å². The van der Waals surface area contributed by atoms with Gasteiger partial charge in [0.25, 0.3) is 0 Å². The van der Waals surface area contributed by atoms with Crippen molar-refractivity contribution in [3.63, 3.8) is 0 Å². The Balaban J connectivity index is 1.39. The van der Waals surface area contributed by atoms with Crippen molar-refractivity contribution in [3.8, 4) is 0 Å². The summed E-state index contributed by atoms with van der Waals surface area (Å²) in [6.45, 7) is 9.50. The van der Waals surface area contributed by atoms with E-state index in [4.69, 9.17) is 9.72 Å². The van der Waals surface area contributed by atoms with Crippen molar-refractivity contribution in [1.82, 2.24) is 14.9 Å². The molecule has 1 saturated carbocycles. The molecule has 1 aliphatic carbocycles. The van der Waals surface area contributed by atoms with Gasteiger partial charge >= 0.3 is 0 Å². The molecule has 2 saturated heterocycles. The number of aromatic nitrogens is 2. The Hall–Kier alpha value is -1.73. The van der Waals surface area contributed by atoms with Crippen molar-refractivity contribution in [2.75, 3.05) is 29.9 Å². The van der Waals surface area contributed by atoms with Crippen molar-refractivity contribution >= 4 is 18.1 Å². The average Bonchev–Trinajstić information content (AvgIpc) is 3.12. The average molecular weight is 402 g/mol. The number of ether oxygens (including phenoxy) is 1. The lowest BCUT2D eigenvalue weighted by Gasteiger charge is -2.43. The first-order chi connectivity index (χ1) is 14.1. The van der Waals surface area contributed by atoms with E-state index in [1.54, 1.807) is 6.20 Å². The van der Waals surface area contributed by atoms with Gasteiger partial charge in [-0.3, -0.25) is 4.79 Å². The summed E-state index contributed by atoms with van der Waals surface area (Å²) in [5, 5.41) is 3.53. The van der Waals surface area contributed by atoms with Crippen LogP contribution in [0, 0.1) is 11.8 Å². The molecular formula is C22H35N5O2. The largest absolute Gasteiger partial charge is 0.351 e. The van der Waals surface area contributed by atoms with Crippen LogP contribution in [0.15, 0.2) is 12.3 Å². The van der Waals surface area contributed by atoms with E-state index in [1.165, 1.54) is 45.2 Å². The Bertz CT molecular complexity index is 688. The smallest absolute Gasteiger partial charge is 0.224 e. The molecule has 0 amide bonds. The molecule has 1 aromatic heterocycles. The first kappa shape index (κ1) is 20.5. The van der Waals surface area contributed by atoms with E-state index in [0.717, 1.165) is 18.1 Å². The van der Waals surface area contributed by atoms with Crippen molar-refractivity contribution < 1.29 is 9.53 Å². The van der Waals surface area contributed by atoms with Crippen LogP contribution in [0.3, 0.4) is 0 Å². The van der Waals surface area contributed by atoms with E-state index in [0.29, 0.717) is 30.4 Å². The number of carbonyl (C=O) groups is 1. The monoisotopic (exact) mass is 401 g/mol. The third-order valence-corrected chi connectivity index (χ3v) is 7.09. The molecule has 0 radical (unpaired) electrons. The summed E-state index contributed by atoms with van der Waals surface area (Å²) in [6.07, 6.45) is 8.69. The zero-order chi connectivity index (χ0) is 20.4. The predicted octanol–water partition coefficient (Wildman–Crippen LogP) is 2.93. The molecule has 3 aliphatic rings. The minimum Gasteiger partial charge on any atom is -0.351 e. The summed E-state index contributed by atoms with van der Waals surface area (Å²) < 4.78 is 5.67. The number of nitrogens with one attached hydrogen (secondary N) is 1. The molecule has 29 heavy (non-hydrogen) atoms. The van der Waals surface area contributed by atoms with Crippen molar-refractivity contribution in [2.45, 2.75) is 77.2 Å². The van der Waals surface area contributed by atoms with Gasteiger partial charge in [0.15, 0.2) is 12.5 Å². The second kappa shape index (κ2) is 8.96. The molecule has 1 aromatic rings. The number of nitrogens with zero attached hydrogens (tertiary/aromatic N) is 4. The standard InChI is InChI=1S/C22H35N5O2/c1-15(2)19-14-29-21(13-28)27(19)20-7-10-23-22(25-20)24-16(3)17-8-11-26(12-9-17)18-5-4-6-18/h7,10,13,15-19,21H,4-6,8-9,11-12,14H2,1-3H3,(H,23,24,25)/t16-,19?,21?/m0/s1. The molecule has 3 heterocycles. The van der Waals surface area contributed by atoms with Crippen molar-refractivity contribution in [3.05, 3.63) is 12.3 Å². The fourth-order valence-electron chi connectivity index (χ4n) is 4.89. The number of likely N-dealkylation sites (tertiary alicyclic amines) is 1. The van der Waals surface area contributed by atoms with Crippen LogP contribution in [0.25, 0.3) is 0 Å². The lowest BCUT2D eigenvalue weighted by molar-refractivity contribution is -0.115. The van der Waals surface area contributed by atoms with Gasteiger partial charge in [-0.25, -0.2) is 4.98 Å². The quantitative estimate of drug-likeness (QED) is 0.705. The Morgan fingerprint density at radius 1 is 1.21 bits per heavy atom. The summed E-state index contributed by atoms with van der Waals surface area (Å²) in [5.74, 6) is 2.39. The van der Waals surface area contributed by atoms with Crippen LogP contribution in [-0.2, 0) is 9.53 Å². The second-order valence-corrected chi connectivity index (χ2v) is 9.21. The van der Waals surface area contributed by atoms with Crippen LogP contribution in [-0.4, -0.2) is 65.2 Å². The fourth-order valence-corrected chi connectivity index (χ4v) is 4.89. The fraction of sp³-hybridized carbons (Fsp3) is 0.773. The SMILES string of the molecule is CC(C)C1COC(C=O)N1c1ccnc(N[C@@H](C)C2CCN(C3CCC3)CC2)n1. The lowest BCUT2D eigenvalue weighted by atomic mass is 9.85. The molecule has 2 aliphatic heterocycles. The van der Waals surface area contributed by atoms with E-state index in [2.05, 4.69) is 36.0 Å². The summed E-state index contributed by atoms with van der Waals surface area (Å²) >= 11 is 0. The second-order valence-electron chi connectivity index (χ2n) is 9.21. The lowest BCUT2D eigenvalue weighted by Crippen LogP contribution is -2.47. The minimum atomic E-state index is -0.571. The number of anilines is 2. The van der Waals surface area contributed by atoms with E-state index < -0.39 is 6.23 Å². The number of rotatable bonds is 7. The zero-order valence-corrected chi connectivity index (χ0v) is 18.0. The molecule has 160 valence electrons. The van der Waals surface area contributed by atoms with Gasteiger partial charge in [0.2, 0.25) is 5.95 Å². The molecule has 2 unspecified atom stereocenters. The molecule has 3 fully saturated rings. The van der Waals surface area contributed by atoms with Crippen LogP contribution in [0.4, 0.5) is 11.8 Å². The number of hydrogen-bond acceptors (Lipinski definition) is 7. The molecule has 4 rings (SSSR count). The van der Waals surface area contributed by atoms with Gasteiger partial charge in [0.05, 0.1) is 12.6 Å². The van der Waals surface area contributed by atoms with Crippen LogP contribution >= 0.6 is 0 Å². The highest BCUT2D eigenvalue weighted by Crippen LogP contribution is 2.31. The zero-order valence-electron chi connectivity index (χ0n) is 18.0. The summed E-state index contributed by atoms with van der Waals surface area (Å²) in [4.78, 5) is 25.4. The molecule has 7 nitrogen and oxygen atoms in total. The maximum atomic E-state index is 11.5. The molecule has 0 aromatic carbocycles. The van der Waals surface area contributed by atoms with E-state index in [-0.39, 0.29) is 6.04 Å². The maximum Gasteiger partial charge on any atom is 0.224 e. The summed E-state index contributed by atoms with van der Waals surface area (Å²) in [6, 6.07) is 3.18. The molecule has 0 bridgehead atoms. The molecule has 7 heteroatoms. The minimum absolute atomic E-state index is 0.140. The number of piperidine rings is 1. The highest BCUT2D eigenvalue weighted by atomic mass is 16.5. The summed E-state index contributed by atoms with van der Waals surface area (Å²) in [5.41, 5.74) is 0. The number of hydrogen-bond donors (Lipinski definition) is 1. The van der Waals surface area contributed by atoms with Crippen molar-refractivity contribution in [2.24, 2.45) is 11.8 Å². The van der Waals surface area contributed by atoms with Crippen LogP contribution in [0.1, 0.15) is 52.9 Å². The van der Waals surface area contributed by atoms with Crippen LogP contribution in [0.2, 0.25) is 0 Å². The summed E-state index contributed by atoms with van der Waals surface area (Å²) in [7, 11) is 0. The first-order valence-electron chi connectivity index (χ1n) is 11.3. The number of carbonyl (C=O) groups excluding carboxylic acids is 1. The van der Waals surface area contributed by atoms with Gasteiger partial charge in [0, 0.05) is 18.3 Å². The predicted molar refractivity (Wildman–Crippen MR) is 114 cm³/mol. The van der Waals surface area contributed by atoms with Crippen LogP contribution < -0.4 is 10.2 Å². The van der Waals surface area contributed by atoms with Gasteiger partial charge in [0.1, 0.15) is 5.82 Å². The molecule has 1 N–H and O–H groups in total. The van der Waals surface area contributed by atoms with Gasteiger partial charge in [-0.1, -0.05) is 20.3 Å². The Morgan fingerprint density at radius 2 is 1.97 bits per heavy atom. The van der Waals surface area contributed by atoms with E-state index in [1.807, 2.05) is 11.0 Å². The third-order valence-electron chi connectivity index (χ3n) is 7.09. The third kappa shape index (κ3) is 4.40. The molecular weight excluding hydrogens is 366 g/mol. The van der Waals surface area contributed by atoms with Gasteiger partial charge in [-0.15, -0.1) is 0 Å². The van der Waals surface area contributed by atoms with Crippen LogP contribution in [0.5, 0.6) is 0 Å². The molecule has 0 spiro atoms. The number of aldehydes is 1. The highest BCUT2D eigenvalue weighted by molar-refractivity contribution is 5.64. The van der Waals surface area contributed by atoms with Gasteiger partial charge in [-0.2, -0.15) is 4.98 Å². The van der Waals surface area contributed by atoms with Crippen molar-refractivity contribution in [1.29, 1.82) is 0 Å². The van der Waals surface area contributed by atoms with E-state index >= 15 is 0 Å². The normalized spacial score (nSPS) is 27.8. The maximum absolute atomic E-state index is 11.5. The first-order valence-corrected chi connectivity index (χ1v) is 11.3. The highest BCUT2D eigenvalue weighted by Gasteiger charge is 2.37. The Morgan fingerprint density at radius 3 is 2.59 bits per heavy atom. The van der Waals surface area contributed by atoms with Gasteiger partial charge in [-0.05, 0) is 63.6 Å². The Labute approximate surface area is 174 Å². The Kier molecular flexibility index (Phi) is 6.35. The molecule has 3 atom stereocenters. The topological polar surface area (TPSA) is 70.6 Å².